The maximum atomic E-state index is 15.2. The monoisotopic (exact) mass is 489 g/mol. The Labute approximate surface area is 201 Å². The number of nitrogens with zero attached hydrogens (tertiary/aromatic N) is 2. The van der Waals surface area contributed by atoms with Crippen LogP contribution in [0.3, 0.4) is 0 Å². The van der Waals surface area contributed by atoms with Crippen LogP contribution in [0.15, 0.2) is 30.5 Å². The van der Waals surface area contributed by atoms with Crippen molar-refractivity contribution in [2.45, 2.75) is 50.1 Å². The molecule has 1 aromatic heterocycles. The van der Waals surface area contributed by atoms with Gasteiger partial charge in [-0.2, -0.15) is 0 Å². The van der Waals surface area contributed by atoms with Crippen LogP contribution >= 0.6 is 11.6 Å². The summed E-state index contributed by atoms with van der Waals surface area (Å²) in [6, 6.07) is 4.59. The van der Waals surface area contributed by atoms with Gasteiger partial charge < -0.3 is 15.4 Å². The molecule has 3 heterocycles. The minimum Gasteiger partial charge on any atom is -0.381 e. The normalized spacial score (nSPS) is 26.8. The zero-order chi connectivity index (χ0) is 24.4. The van der Waals surface area contributed by atoms with Gasteiger partial charge in [0.05, 0.1) is 23.8 Å². The van der Waals surface area contributed by atoms with Crippen molar-refractivity contribution in [1.82, 2.24) is 9.88 Å². The number of likely N-dealkylation sites (tertiary alicyclic amines) is 1. The Morgan fingerprint density at radius 1 is 1.24 bits per heavy atom. The molecule has 1 aromatic carbocycles. The molecule has 9 heteroatoms. The number of pyridine rings is 1. The standard InChI is InChI=1S/C25H26ClF2N3O3/c1-12(2)20-5-13(3-4-30-20)24(33)31-21(23(29)32)6-15-9-25(15,31)22(14-10-34-11-14)16-7-19(28)17(26)8-18(16)27/h3-5,7-8,12,14-15,21-22H,6,9-11H2,1-2H3,(H2,29,32)/t15?,21?,22-,25?/m1/s1. The first kappa shape index (κ1) is 23.2. The number of hydrogen-bond acceptors (Lipinski definition) is 4. The lowest BCUT2D eigenvalue weighted by Gasteiger charge is -2.44. The fourth-order valence-electron chi connectivity index (χ4n) is 5.88. The SMILES string of the molecule is CC(C)c1cc(C(=O)N2C(C(N)=O)CC3CC32[C@@H](c2cc(F)c(Cl)cc2F)C2COC2)ccn1. The molecule has 0 spiro atoms. The van der Waals surface area contributed by atoms with Gasteiger partial charge in [0.15, 0.2) is 0 Å². The van der Waals surface area contributed by atoms with Crippen molar-refractivity contribution < 1.29 is 23.1 Å². The number of fused-ring (bicyclic) bond motifs is 1. The van der Waals surface area contributed by atoms with Crippen LogP contribution in [0.4, 0.5) is 8.78 Å². The third-order valence-corrected chi connectivity index (χ3v) is 7.89. The molecular formula is C25H26ClF2N3O3. The van der Waals surface area contributed by atoms with Gasteiger partial charge in [-0.25, -0.2) is 8.78 Å². The molecule has 1 saturated carbocycles. The number of benzene rings is 1. The minimum absolute atomic E-state index is 0.0518. The van der Waals surface area contributed by atoms with Gasteiger partial charge in [-0.1, -0.05) is 25.4 Å². The van der Waals surface area contributed by atoms with E-state index in [2.05, 4.69) is 4.98 Å². The Balaban J connectivity index is 1.63. The summed E-state index contributed by atoms with van der Waals surface area (Å²) in [5.41, 5.74) is 6.17. The van der Waals surface area contributed by atoms with Gasteiger partial charge in [-0.15, -0.1) is 0 Å². The van der Waals surface area contributed by atoms with E-state index in [9.17, 15) is 14.0 Å². The van der Waals surface area contributed by atoms with Gasteiger partial charge in [-0.3, -0.25) is 14.6 Å². The van der Waals surface area contributed by atoms with Gasteiger partial charge in [0, 0.05) is 29.3 Å². The molecule has 5 rings (SSSR count). The van der Waals surface area contributed by atoms with Crippen LogP contribution in [0.5, 0.6) is 0 Å². The van der Waals surface area contributed by atoms with Crippen molar-refractivity contribution in [2.24, 2.45) is 17.6 Å². The molecule has 6 nitrogen and oxygen atoms in total. The van der Waals surface area contributed by atoms with Gasteiger partial charge >= 0.3 is 0 Å². The summed E-state index contributed by atoms with van der Waals surface area (Å²) < 4.78 is 35.1. The minimum atomic E-state index is -0.854. The molecule has 2 aromatic rings. The molecule has 2 saturated heterocycles. The van der Waals surface area contributed by atoms with Crippen LogP contribution in [-0.4, -0.2) is 46.5 Å². The van der Waals surface area contributed by atoms with Crippen molar-refractivity contribution in [1.29, 1.82) is 0 Å². The molecule has 34 heavy (non-hydrogen) atoms. The highest BCUT2D eigenvalue weighted by atomic mass is 35.5. The molecule has 3 fully saturated rings. The van der Waals surface area contributed by atoms with Crippen LogP contribution in [0.25, 0.3) is 0 Å². The molecule has 1 aliphatic carbocycles. The van der Waals surface area contributed by atoms with E-state index >= 15 is 4.39 Å². The summed E-state index contributed by atoms with van der Waals surface area (Å²) in [6.45, 7) is 4.67. The fourth-order valence-corrected chi connectivity index (χ4v) is 6.03. The summed E-state index contributed by atoms with van der Waals surface area (Å²) in [5, 5.41) is -0.304. The summed E-state index contributed by atoms with van der Waals surface area (Å²) >= 11 is 5.82. The Morgan fingerprint density at radius 3 is 2.59 bits per heavy atom. The summed E-state index contributed by atoms with van der Waals surface area (Å²) in [4.78, 5) is 32.2. The number of rotatable bonds is 6. The van der Waals surface area contributed by atoms with Gasteiger partial charge in [0.25, 0.3) is 5.91 Å². The number of carbonyl (C=O) groups excluding carboxylic acids is 2. The second-order valence-electron chi connectivity index (χ2n) is 9.91. The number of carbonyl (C=O) groups is 2. The predicted octanol–water partition coefficient (Wildman–Crippen LogP) is 4.03. The van der Waals surface area contributed by atoms with E-state index in [1.165, 1.54) is 0 Å². The van der Waals surface area contributed by atoms with E-state index in [-0.39, 0.29) is 34.2 Å². The number of primary amides is 1. The van der Waals surface area contributed by atoms with E-state index < -0.39 is 35.0 Å². The van der Waals surface area contributed by atoms with Crippen molar-refractivity contribution in [3.05, 3.63) is 63.9 Å². The third-order valence-electron chi connectivity index (χ3n) is 7.60. The molecule has 3 unspecified atom stereocenters. The molecule has 180 valence electrons. The quantitative estimate of drug-likeness (QED) is 0.621. The molecule has 2 aliphatic heterocycles. The average Bonchev–Trinajstić information content (AvgIpc) is 3.37. The van der Waals surface area contributed by atoms with E-state index in [0.29, 0.717) is 31.6 Å². The lowest BCUT2D eigenvalue weighted by Crippen LogP contribution is -2.55. The lowest BCUT2D eigenvalue weighted by molar-refractivity contribution is -0.123. The van der Waals surface area contributed by atoms with E-state index in [0.717, 1.165) is 17.8 Å². The van der Waals surface area contributed by atoms with Gasteiger partial charge in [0.1, 0.15) is 17.7 Å². The average molecular weight is 490 g/mol. The van der Waals surface area contributed by atoms with Crippen LogP contribution in [0.2, 0.25) is 5.02 Å². The molecule has 0 radical (unpaired) electrons. The third kappa shape index (κ3) is 3.50. The van der Waals surface area contributed by atoms with Crippen molar-refractivity contribution in [3.63, 3.8) is 0 Å². The maximum Gasteiger partial charge on any atom is 0.255 e. The second-order valence-corrected chi connectivity index (χ2v) is 10.3. The van der Waals surface area contributed by atoms with Crippen LogP contribution in [0.1, 0.15) is 60.1 Å². The molecule has 2 N–H and O–H groups in total. The largest absolute Gasteiger partial charge is 0.381 e. The Hall–Kier alpha value is -2.58. The summed E-state index contributed by atoms with van der Waals surface area (Å²) in [6.07, 6.45) is 2.54. The molecule has 0 bridgehead atoms. The van der Waals surface area contributed by atoms with E-state index in [1.807, 2.05) is 13.8 Å². The van der Waals surface area contributed by atoms with E-state index in [4.69, 9.17) is 22.1 Å². The van der Waals surface area contributed by atoms with Crippen molar-refractivity contribution in [2.75, 3.05) is 13.2 Å². The summed E-state index contributed by atoms with van der Waals surface area (Å²) in [7, 11) is 0. The van der Waals surface area contributed by atoms with Gasteiger partial charge in [-0.05, 0) is 54.5 Å². The van der Waals surface area contributed by atoms with Crippen molar-refractivity contribution >= 4 is 23.4 Å². The fraction of sp³-hybridized carbons (Fsp3) is 0.480. The van der Waals surface area contributed by atoms with Crippen LogP contribution < -0.4 is 5.73 Å². The Morgan fingerprint density at radius 2 is 1.97 bits per heavy atom. The first-order valence-corrected chi connectivity index (χ1v) is 11.8. The van der Waals surface area contributed by atoms with Crippen LogP contribution in [0, 0.1) is 23.5 Å². The van der Waals surface area contributed by atoms with E-state index in [1.54, 1.807) is 23.2 Å². The smallest absolute Gasteiger partial charge is 0.255 e. The first-order chi connectivity index (χ1) is 16.1. The lowest BCUT2D eigenvalue weighted by atomic mass is 9.76. The topological polar surface area (TPSA) is 85.5 Å². The first-order valence-electron chi connectivity index (χ1n) is 11.5. The molecular weight excluding hydrogens is 464 g/mol. The Bertz CT molecular complexity index is 1170. The van der Waals surface area contributed by atoms with Gasteiger partial charge in [0.2, 0.25) is 5.91 Å². The molecule has 2 amide bonds. The highest BCUT2D eigenvalue weighted by molar-refractivity contribution is 6.30. The number of aromatic nitrogens is 1. The number of amides is 2. The number of ether oxygens (including phenoxy) is 1. The summed E-state index contributed by atoms with van der Waals surface area (Å²) in [5.74, 6) is -2.96. The number of piperidine rings is 1. The number of hydrogen-bond donors (Lipinski definition) is 1. The molecule has 3 aliphatic rings. The molecule has 4 atom stereocenters. The Kier molecular flexibility index (Phi) is 5.64. The zero-order valence-electron chi connectivity index (χ0n) is 18.9. The predicted molar refractivity (Wildman–Crippen MR) is 121 cm³/mol. The maximum absolute atomic E-state index is 15.2. The zero-order valence-corrected chi connectivity index (χ0v) is 19.7. The van der Waals surface area contributed by atoms with Crippen molar-refractivity contribution in [3.8, 4) is 0 Å². The number of halogens is 3. The highest BCUT2D eigenvalue weighted by Gasteiger charge is 2.72. The highest BCUT2D eigenvalue weighted by Crippen LogP contribution is 2.67. The second kappa shape index (κ2) is 8.27. The van der Waals surface area contributed by atoms with Crippen LogP contribution in [-0.2, 0) is 9.53 Å². The number of nitrogens with two attached hydrogens (primary N) is 1.